The van der Waals surface area contributed by atoms with E-state index in [1.165, 1.54) is 11.7 Å². The number of aromatic nitrogens is 3. The minimum atomic E-state index is -0.838. The van der Waals surface area contributed by atoms with Crippen LogP contribution in [-0.4, -0.2) is 28.8 Å². The Morgan fingerprint density at radius 2 is 1.66 bits per heavy atom. The van der Waals surface area contributed by atoms with Crippen molar-refractivity contribution < 1.29 is 18.3 Å². The molecule has 0 aliphatic heterocycles. The van der Waals surface area contributed by atoms with E-state index in [0.717, 1.165) is 17.5 Å². The van der Waals surface area contributed by atoms with Crippen LogP contribution in [0, 0.1) is 18.6 Å². The van der Waals surface area contributed by atoms with Crippen LogP contribution < -0.4 is 9.47 Å². The molecule has 5 nitrogen and oxygen atoms in total. The molecule has 2 aromatic carbocycles. The number of ether oxygens (including phenoxy) is 2. The molecule has 0 unspecified atom stereocenters. The number of pyridine rings is 1. The number of hydrogen-bond acceptors (Lipinski definition) is 4. The molecule has 148 valence electrons. The van der Waals surface area contributed by atoms with Crippen molar-refractivity contribution in [3.8, 4) is 28.6 Å². The Hall–Kier alpha value is -3.19. The lowest BCUT2D eigenvalue weighted by atomic mass is 10.1. The second-order valence-electron chi connectivity index (χ2n) is 6.32. The number of fused-ring (bicyclic) bond motifs is 1. The lowest BCUT2D eigenvalue weighted by molar-refractivity contribution is 0.406. The highest BCUT2D eigenvalue weighted by Crippen LogP contribution is 2.36. The van der Waals surface area contributed by atoms with Crippen LogP contribution in [0.4, 0.5) is 8.78 Å². The van der Waals surface area contributed by atoms with Crippen LogP contribution in [0.5, 0.6) is 11.5 Å². The van der Waals surface area contributed by atoms with Gasteiger partial charge in [-0.2, -0.15) is 0 Å². The van der Waals surface area contributed by atoms with Crippen molar-refractivity contribution in [2.75, 3.05) is 14.2 Å². The third kappa shape index (κ3) is 3.17. The summed E-state index contributed by atoms with van der Waals surface area (Å²) in [6.45, 7) is 1.69. The Kier molecular flexibility index (Phi) is 4.84. The van der Waals surface area contributed by atoms with Gasteiger partial charge in [0.25, 0.3) is 0 Å². The Labute approximate surface area is 170 Å². The highest BCUT2D eigenvalue weighted by molar-refractivity contribution is 6.29. The van der Waals surface area contributed by atoms with E-state index in [0.29, 0.717) is 28.3 Å². The first-order valence-electron chi connectivity index (χ1n) is 8.67. The van der Waals surface area contributed by atoms with E-state index in [4.69, 9.17) is 21.1 Å². The number of para-hydroxylation sites is 1. The number of nitrogens with zero attached hydrogens (tertiary/aromatic N) is 3. The maximum atomic E-state index is 14.8. The van der Waals surface area contributed by atoms with Crippen LogP contribution in [-0.2, 0) is 0 Å². The van der Waals surface area contributed by atoms with E-state index in [2.05, 4.69) is 9.97 Å². The van der Waals surface area contributed by atoms with Crippen molar-refractivity contribution >= 4 is 22.5 Å². The van der Waals surface area contributed by atoms with E-state index >= 15 is 0 Å². The molecule has 0 N–H and O–H groups in total. The quantitative estimate of drug-likeness (QED) is 0.451. The Morgan fingerprint density at radius 1 is 0.966 bits per heavy atom. The van der Waals surface area contributed by atoms with Gasteiger partial charge < -0.3 is 9.47 Å². The molecule has 2 heterocycles. The average molecular weight is 416 g/mol. The van der Waals surface area contributed by atoms with Gasteiger partial charge in [0.05, 0.1) is 36.8 Å². The van der Waals surface area contributed by atoms with Crippen LogP contribution in [0.2, 0.25) is 5.28 Å². The molecule has 0 spiro atoms. The summed E-state index contributed by atoms with van der Waals surface area (Å²) in [5, 5.41) is 0.727. The van der Waals surface area contributed by atoms with Gasteiger partial charge >= 0.3 is 0 Å². The fourth-order valence-corrected chi connectivity index (χ4v) is 3.60. The molecule has 8 heteroatoms. The molecule has 0 amide bonds. The van der Waals surface area contributed by atoms with Gasteiger partial charge in [0.15, 0.2) is 11.6 Å². The third-order valence-electron chi connectivity index (χ3n) is 4.60. The summed E-state index contributed by atoms with van der Waals surface area (Å²) >= 11 is 6.27. The zero-order valence-corrected chi connectivity index (χ0v) is 16.6. The van der Waals surface area contributed by atoms with Crippen LogP contribution in [0.15, 0.2) is 42.5 Å². The summed E-state index contributed by atoms with van der Waals surface area (Å²) in [6.07, 6.45) is 0. The van der Waals surface area contributed by atoms with Gasteiger partial charge in [-0.05, 0) is 30.7 Å². The number of hydrogen-bond donors (Lipinski definition) is 0. The van der Waals surface area contributed by atoms with E-state index in [9.17, 15) is 8.78 Å². The van der Waals surface area contributed by atoms with Crippen LogP contribution in [0.25, 0.3) is 28.0 Å². The van der Waals surface area contributed by atoms with Gasteiger partial charge in [0.1, 0.15) is 17.2 Å². The largest absolute Gasteiger partial charge is 0.497 e. The zero-order chi connectivity index (χ0) is 20.7. The summed E-state index contributed by atoms with van der Waals surface area (Å²) in [5.74, 6) is -1.04. The molecule has 0 saturated carbocycles. The SMILES string of the molecule is COc1cc(F)c(-n2c(Cl)nc(C)c2-c2cc(OC)c3ccccc3n2)c(F)c1. The molecule has 2 aromatic heterocycles. The Morgan fingerprint density at radius 3 is 2.31 bits per heavy atom. The number of aryl methyl sites for hydroxylation is 1. The highest BCUT2D eigenvalue weighted by Gasteiger charge is 2.24. The lowest BCUT2D eigenvalue weighted by Crippen LogP contribution is -2.06. The van der Waals surface area contributed by atoms with Crippen molar-refractivity contribution in [2.45, 2.75) is 6.92 Å². The zero-order valence-electron chi connectivity index (χ0n) is 15.8. The lowest BCUT2D eigenvalue weighted by Gasteiger charge is -2.14. The minimum absolute atomic E-state index is 0.0590. The summed E-state index contributed by atoms with van der Waals surface area (Å²) in [4.78, 5) is 8.85. The molecule has 0 atom stereocenters. The molecule has 0 saturated heterocycles. The van der Waals surface area contributed by atoms with Gasteiger partial charge in [-0.25, -0.2) is 18.7 Å². The normalized spacial score (nSPS) is 11.1. The minimum Gasteiger partial charge on any atom is -0.497 e. The number of methoxy groups -OCH3 is 2. The van der Waals surface area contributed by atoms with Crippen molar-refractivity contribution in [3.63, 3.8) is 0 Å². The van der Waals surface area contributed by atoms with Crippen LogP contribution in [0.3, 0.4) is 0 Å². The molecule has 0 radical (unpaired) electrons. The smallest absolute Gasteiger partial charge is 0.208 e. The molecule has 29 heavy (non-hydrogen) atoms. The highest BCUT2D eigenvalue weighted by atomic mass is 35.5. The Balaban J connectivity index is 2.03. The van der Waals surface area contributed by atoms with Crippen molar-refractivity contribution in [2.24, 2.45) is 0 Å². The molecular formula is C21H16ClF2N3O2. The summed E-state index contributed by atoms with van der Waals surface area (Å²) in [6, 6.07) is 11.3. The molecule has 4 aromatic rings. The fourth-order valence-electron chi connectivity index (χ4n) is 3.31. The molecule has 0 aliphatic rings. The molecule has 0 bridgehead atoms. The van der Waals surface area contributed by atoms with E-state index < -0.39 is 11.6 Å². The number of benzene rings is 2. The standard InChI is InChI=1S/C21H16ClF2N3O2/c1-11-19(17-10-18(29-3)13-6-4-5-7-16(13)26-17)27(21(22)25-11)20-14(23)8-12(28-2)9-15(20)24/h4-10H,1-3H3. The molecule has 0 aliphatic carbocycles. The van der Waals surface area contributed by atoms with E-state index in [1.54, 1.807) is 20.1 Å². The van der Waals surface area contributed by atoms with Crippen LogP contribution in [0.1, 0.15) is 5.69 Å². The van der Waals surface area contributed by atoms with E-state index in [1.807, 2.05) is 24.3 Å². The molecule has 4 rings (SSSR count). The van der Waals surface area contributed by atoms with Gasteiger partial charge in [-0.15, -0.1) is 0 Å². The second kappa shape index (κ2) is 7.33. The molecular weight excluding hydrogens is 400 g/mol. The van der Waals surface area contributed by atoms with E-state index in [-0.39, 0.29) is 16.7 Å². The number of halogens is 3. The first kappa shape index (κ1) is 19.1. The summed E-state index contributed by atoms with van der Waals surface area (Å²) < 4.78 is 41.2. The fraction of sp³-hybridized carbons (Fsp3) is 0.143. The number of rotatable bonds is 4. The monoisotopic (exact) mass is 415 g/mol. The average Bonchev–Trinajstić information content (AvgIpc) is 3.00. The third-order valence-corrected chi connectivity index (χ3v) is 4.85. The predicted octanol–water partition coefficient (Wildman–Crippen LogP) is 5.34. The van der Waals surface area contributed by atoms with Crippen LogP contribution >= 0.6 is 11.6 Å². The van der Waals surface area contributed by atoms with Gasteiger partial charge in [0.2, 0.25) is 5.28 Å². The maximum absolute atomic E-state index is 14.8. The van der Waals surface area contributed by atoms with Crippen molar-refractivity contribution in [1.82, 2.24) is 14.5 Å². The second-order valence-corrected chi connectivity index (χ2v) is 6.65. The van der Waals surface area contributed by atoms with Gasteiger partial charge in [-0.1, -0.05) is 12.1 Å². The first-order chi connectivity index (χ1) is 13.9. The first-order valence-corrected chi connectivity index (χ1v) is 9.04. The predicted molar refractivity (Wildman–Crippen MR) is 107 cm³/mol. The van der Waals surface area contributed by atoms with Crippen molar-refractivity contribution in [1.29, 1.82) is 0 Å². The maximum Gasteiger partial charge on any atom is 0.208 e. The molecule has 0 fully saturated rings. The summed E-state index contributed by atoms with van der Waals surface area (Å²) in [5.41, 5.74) is 1.56. The van der Waals surface area contributed by atoms with Gasteiger partial charge in [0, 0.05) is 23.6 Å². The Bertz CT molecular complexity index is 1220. The summed E-state index contributed by atoms with van der Waals surface area (Å²) in [7, 11) is 2.88. The van der Waals surface area contributed by atoms with Gasteiger partial charge in [-0.3, -0.25) is 4.57 Å². The number of imidazole rings is 1. The van der Waals surface area contributed by atoms with Crippen molar-refractivity contribution in [3.05, 3.63) is 65.1 Å². The topological polar surface area (TPSA) is 49.2 Å².